The quantitative estimate of drug-likeness (QED) is 0.757. The van der Waals surface area contributed by atoms with Crippen molar-refractivity contribution >= 4 is 17.2 Å². The molecule has 3 aromatic rings. The van der Waals surface area contributed by atoms with Crippen molar-refractivity contribution < 1.29 is 4.79 Å². The van der Waals surface area contributed by atoms with Crippen LogP contribution in [0, 0.1) is 0 Å². The predicted molar refractivity (Wildman–Crippen MR) is 90.3 cm³/mol. The fourth-order valence-corrected chi connectivity index (χ4v) is 3.05. The third-order valence-electron chi connectivity index (χ3n) is 3.47. The second-order valence-corrected chi connectivity index (χ2v) is 6.25. The number of hydrogen-bond donors (Lipinski definition) is 1. The highest BCUT2D eigenvalue weighted by Gasteiger charge is 2.09. The van der Waals surface area contributed by atoms with Crippen LogP contribution in [0.15, 0.2) is 48.1 Å². The van der Waals surface area contributed by atoms with Gasteiger partial charge in [0, 0.05) is 25.0 Å². The smallest absolute Gasteiger partial charge is 0.254 e. The number of nitrogens with zero attached hydrogens (tertiary/aromatic N) is 3. The molecule has 0 unspecified atom stereocenters. The Bertz CT molecular complexity index is 779. The maximum Gasteiger partial charge on any atom is 0.254 e. The molecule has 0 aliphatic carbocycles. The number of aromatic nitrogens is 3. The van der Waals surface area contributed by atoms with Gasteiger partial charge in [-0.25, -0.2) is 4.98 Å². The summed E-state index contributed by atoms with van der Waals surface area (Å²) in [5, 5.41) is 9.96. The van der Waals surface area contributed by atoms with Crippen molar-refractivity contribution in [1.29, 1.82) is 0 Å². The van der Waals surface area contributed by atoms with Crippen molar-refractivity contribution in [3.63, 3.8) is 0 Å². The molecule has 23 heavy (non-hydrogen) atoms. The zero-order chi connectivity index (χ0) is 16.1. The molecule has 2 aromatic heterocycles. The van der Waals surface area contributed by atoms with Gasteiger partial charge >= 0.3 is 0 Å². The van der Waals surface area contributed by atoms with E-state index in [2.05, 4.69) is 39.7 Å². The largest absolute Gasteiger partial charge is 0.346 e. The van der Waals surface area contributed by atoms with Crippen LogP contribution in [0.25, 0.3) is 0 Å². The van der Waals surface area contributed by atoms with Gasteiger partial charge in [0.1, 0.15) is 0 Å². The Hall–Kier alpha value is -2.47. The molecule has 0 saturated carbocycles. The van der Waals surface area contributed by atoms with E-state index in [9.17, 15) is 4.79 Å². The summed E-state index contributed by atoms with van der Waals surface area (Å²) in [5.74, 6) is -0.128. The summed E-state index contributed by atoms with van der Waals surface area (Å²) in [7, 11) is 1.79. The average molecular weight is 326 g/mol. The molecule has 0 bridgehead atoms. The van der Waals surface area contributed by atoms with Gasteiger partial charge in [0.25, 0.3) is 5.91 Å². The predicted octanol–water partition coefficient (Wildman–Crippen LogP) is 2.59. The van der Waals surface area contributed by atoms with Gasteiger partial charge in [0.05, 0.1) is 29.0 Å². The van der Waals surface area contributed by atoms with Gasteiger partial charge in [-0.15, -0.1) is 11.3 Å². The monoisotopic (exact) mass is 326 g/mol. The summed E-state index contributed by atoms with van der Waals surface area (Å²) in [4.78, 5) is 16.5. The number of amides is 1. The standard InChI is InChI=1S/C17H18N4OS/c1-21-11-14(9-19-21)17(22)18-10-15-12-23-16(20-15)8-7-13-5-3-2-4-6-13/h2-6,9,11-12H,7-8,10H2,1H3,(H,18,22). The third-order valence-corrected chi connectivity index (χ3v) is 4.42. The summed E-state index contributed by atoms with van der Waals surface area (Å²) in [5.41, 5.74) is 2.77. The lowest BCUT2D eigenvalue weighted by Gasteiger charge is -2.00. The van der Waals surface area contributed by atoms with E-state index in [0.717, 1.165) is 23.5 Å². The van der Waals surface area contributed by atoms with Crippen molar-refractivity contribution in [2.24, 2.45) is 7.05 Å². The molecule has 5 nitrogen and oxygen atoms in total. The number of benzene rings is 1. The Morgan fingerprint density at radius 2 is 2.09 bits per heavy atom. The summed E-state index contributed by atoms with van der Waals surface area (Å²) in [6.07, 6.45) is 5.16. The molecule has 0 fully saturated rings. The lowest BCUT2D eigenvalue weighted by molar-refractivity contribution is 0.0950. The Morgan fingerprint density at radius 3 is 2.83 bits per heavy atom. The van der Waals surface area contributed by atoms with Gasteiger partial charge in [-0.05, 0) is 12.0 Å². The van der Waals surface area contributed by atoms with E-state index in [4.69, 9.17) is 0 Å². The summed E-state index contributed by atoms with van der Waals surface area (Å²) < 4.78 is 1.61. The molecule has 0 aliphatic heterocycles. The van der Waals surface area contributed by atoms with Crippen molar-refractivity contribution in [3.8, 4) is 0 Å². The fraction of sp³-hybridized carbons (Fsp3) is 0.235. The Morgan fingerprint density at radius 1 is 1.26 bits per heavy atom. The zero-order valence-electron chi connectivity index (χ0n) is 12.9. The molecule has 0 radical (unpaired) electrons. The minimum Gasteiger partial charge on any atom is -0.346 e. The number of hydrogen-bond acceptors (Lipinski definition) is 4. The van der Waals surface area contributed by atoms with Gasteiger partial charge in [-0.3, -0.25) is 9.48 Å². The highest BCUT2D eigenvalue weighted by Crippen LogP contribution is 2.13. The van der Waals surface area contributed by atoms with Crippen molar-refractivity contribution in [1.82, 2.24) is 20.1 Å². The van der Waals surface area contributed by atoms with Crippen LogP contribution in [-0.4, -0.2) is 20.7 Å². The van der Waals surface area contributed by atoms with E-state index >= 15 is 0 Å². The number of carbonyl (C=O) groups excluding carboxylic acids is 1. The van der Waals surface area contributed by atoms with E-state index in [0.29, 0.717) is 12.1 Å². The second-order valence-electron chi connectivity index (χ2n) is 5.30. The summed E-state index contributed by atoms with van der Waals surface area (Å²) in [6.45, 7) is 0.440. The van der Waals surface area contributed by atoms with Gasteiger partial charge < -0.3 is 5.32 Å². The first-order valence-corrected chi connectivity index (χ1v) is 8.33. The maximum absolute atomic E-state index is 12.0. The van der Waals surface area contributed by atoms with Gasteiger partial charge in [0.15, 0.2) is 0 Å². The van der Waals surface area contributed by atoms with E-state index in [1.165, 1.54) is 5.56 Å². The van der Waals surface area contributed by atoms with Crippen molar-refractivity contribution in [2.45, 2.75) is 19.4 Å². The molecule has 2 heterocycles. The van der Waals surface area contributed by atoms with Gasteiger partial charge in [-0.1, -0.05) is 30.3 Å². The molecule has 6 heteroatoms. The molecule has 1 amide bonds. The van der Waals surface area contributed by atoms with Crippen molar-refractivity contribution in [2.75, 3.05) is 0 Å². The van der Waals surface area contributed by atoms with Crippen LogP contribution in [0.3, 0.4) is 0 Å². The third kappa shape index (κ3) is 4.26. The number of thiazole rings is 1. The first-order valence-electron chi connectivity index (χ1n) is 7.45. The van der Waals surface area contributed by atoms with Crippen molar-refractivity contribution in [3.05, 3.63) is 69.9 Å². The molecule has 1 N–H and O–H groups in total. The lowest BCUT2D eigenvalue weighted by Crippen LogP contribution is -2.22. The van der Waals surface area contributed by atoms with Crippen LogP contribution in [0.1, 0.15) is 26.6 Å². The summed E-state index contributed by atoms with van der Waals surface area (Å²) in [6, 6.07) is 10.4. The molecule has 118 valence electrons. The molecule has 0 atom stereocenters. The minimum atomic E-state index is -0.128. The maximum atomic E-state index is 12.0. The Balaban J connectivity index is 1.50. The van der Waals surface area contributed by atoms with Crippen LogP contribution in [0.2, 0.25) is 0 Å². The normalized spacial score (nSPS) is 10.7. The first kappa shape index (κ1) is 15.4. The highest BCUT2D eigenvalue weighted by atomic mass is 32.1. The number of aryl methyl sites for hydroxylation is 3. The average Bonchev–Trinajstić information content (AvgIpc) is 3.21. The summed E-state index contributed by atoms with van der Waals surface area (Å²) >= 11 is 1.64. The molecular weight excluding hydrogens is 308 g/mol. The minimum absolute atomic E-state index is 0.128. The topological polar surface area (TPSA) is 59.8 Å². The van der Waals surface area contributed by atoms with Crippen LogP contribution in [0.5, 0.6) is 0 Å². The Labute approximate surface area is 139 Å². The highest BCUT2D eigenvalue weighted by molar-refractivity contribution is 7.09. The van der Waals surface area contributed by atoms with Crippen LogP contribution >= 0.6 is 11.3 Å². The Kier molecular flexibility index (Phi) is 4.83. The van der Waals surface area contributed by atoms with Crippen LogP contribution in [0.4, 0.5) is 0 Å². The fourth-order valence-electron chi connectivity index (χ4n) is 2.25. The number of rotatable bonds is 6. The van der Waals surface area contributed by atoms with E-state index in [-0.39, 0.29) is 5.91 Å². The van der Waals surface area contributed by atoms with Crippen LogP contribution in [-0.2, 0) is 26.4 Å². The molecular formula is C17H18N4OS. The number of nitrogens with one attached hydrogen (secondary N) is 1. The van der Waals surface area contributed by atoms with Gasteiger partial charge in [-0.2, -0.15) is 5.10 Å². The number of carbonyl (C=O) groups is 1. The molecule has 0 saturated heterocycles. The second kappa shape index (κ2) is 7.19. The first-order chi connectivity index (χ1) is 11.2. The van der Waals surface area contributed by atoms with Crippen LogP contribution < -0.4 is 5.32 Å². The SMILES string of the molecule is Cn1cc(C(=O)NCc2csc(CCc3ccccc3)n2)cn1. The zero-order valence-corrected chi connectivity index (χ0v) is 13.7. The van der Waals surface area contributed by atoms with E-state index in [1.54, 1.807) is 35.5 Å². The molecule has 0 spiro atoms. The molecule has 1 aromatic carbocycles. The molecule has 0 aliphatic rings. The van der Waals surface area contributed by atoms with E-state index < -0.39 is 0 Å². The molecule has 3 rings (SSSR count). The van der Waals surface area contributed by atoms with E-state index in [1.807, 2.05) is 11.4 Å². The lowest BCUT2D eigenvalue weighted by atomic mass is 10.1. The van der Waals surface area contributed by atoms with Gasteiger partial charge in [0.2, 0.25) is 0 Å².